The Morgan fingerprint density at radius 1 is 1.39 bits per heavy atom. The van der Waals surface area contributed by atoms with Crippen LogP contribution in [-0.4, -0.2) is 71.9 Å². The fraction of sp³-hybridized carbons (Fsp3) is 0.500. The first-order chi connectivity index (χ1) is 14.6. The monoisotopic (exact) mass is 539 g/mol. The fourth-order valence-corrected chi connectivity index (χ4v) is 3.89. The summed E-state index contributed by atoms with van der Waals surface area (Å²) in [5.74, 6) is 1.55. The summed E-state index contributed by atoms with van der Waals surface area (Å²) in [7, 11) is 3.79. The van der Waals surface area contributed by atoms with E-state index in [4.69, 9.17) is 5.73 Å². The maximum Gasteiger partial charge on any atom is 0.221 e. The molecule has 1 atom stereocenters. The van der Waals surface area contributed by atoms with Gasteiger partial charge in [0, 0.05) is 27.2 Å². The number of aliphatic imine (C=N–C) groups is 1. The van der Waals surface area contributed by atoms with Crippen molar-refractivity contribution < 1.29 is 4.79 Å². The van der Waals surface area contributed by atoms with Gasteiger partial charge in [-0.25, -0.2) is 4.98 Å². The lowest BCUT2D eigenvalue weighted by Crippen LogP contribution is -2.43. The van der Waals surface area contributed by atoms with Crippen LogP contribution in [0.25, 0.3) is 11.3 Å². The van der Waals surface area contributed by atoms with Gasteiger partial charge in [-0.3, -0.25) is 9.79 Å². The molecule has 1 aromatic carbocycles. The van der Waals surface area contributed by atoms with Gasteiger partial charge < -0.3 is 25.8 Å². The van der Waals surface area contributed by atoms with E-state index in [9.17, 15) is 4.79 Å². The Morgan fingerprint density at radius 2 is 2.16 bits per heavy atom. The van der Waals surface area contributed by atoms with Crippen LogP contribution in [-0.2, 0) is 11.3 Å². The number of amides is 1. The van der Waals surface area contributed by atoms with Gasteiger partial charge in [0.15, 0.2) is 5.96 Å². The van der Waals surface area contributed by atoms with Crippen LogP contribution in [0.5, 0.6) is 0 Å². The molecule has 3 rings (SSSR count). The van der Waals surface area contributed by atoms with E-state index in [0.29, 0.717) is 6.54 Å². The standard InChI is InChI=1S/C22H33N7O.HI/c1-24-22(25-11-7-13-29-12-6-10-18(15-29)21(23)30)28(2)16-20-26-14-19(27-20)17-8-4-3-5-9-17;/h3-5,8-9,14,18H,6-7,10-13,15-16H2,1-2H3,(H2,23,30)(H,24,25)(H,26,27);1H. The van der Waals surface area contributed by atoms with Gasteiger partial charge in [0.05, 0.1) is 24.4 Å². The number of nitrogens with two attached hydrogens (primary N) is 1. The van der Waals surface area contributed by atoms with Gasteiger partial charge in [0.25, 0.3) is 0 Å². The molecule has 0 aliphatic carbocycles. The smallest absolute Gasteiger partial charge is 0.221 e. The summed E-state index contributed by atoms with van der Waals surface area (Å²) in [5, 5.41) is 3.42. The first-order valence-corrected chi connectivity index (χ1v) is 10.6. The summed E-state index contributed by atoms with van der Waals surface area (Å²) in [6.45, 7) is 4.24. The normalized spacial score (nSPS) is 17.1. The van der Waals surface area contributed by atoms with Gasteiger partial charge in [-0.15, -0.1) is 24.0 Å². The molecular weight excluding hydrogens is 505 g/mol. The minimum absolute atomic E-state index is 0. The van der Waals surface area contributed by atoms with Crippen molar-refractivity contribution >= 4 is 35.8 Å². The first-order valence-electron chi connectivity index (χ1n) is 10.6. The predicted molar refractivity (Wildman–Crippen MR) is 135 cm³/mol. The zero-order valence-corrected chi connectivity index (χ0v) is 20.7. The second kappa shape index (κ2) is 12.7. The summed E-state index contributed by atoms with van der Waals surface area (Å²) < 4.78 is 0. The van der Waals surface area contributed by atoms with E-state index in [0.717, 1.165) is 68.5 Å². The average Bonchev–Trinajstić information content (AvgIpc) is 3.23. The number of primary amides is 1. The fourth-order valence-electron chi connectivity index (χ4n) is 3.89. The first kappa shape index (κ1) is 25.1. The highest BCUT2D eigenvalue weighted by atomic mass is 127. The summed E-state index contributed by atoms with van der Waals surface area (Å²) >= 11 is 0. The van der Waals surface area contributed by atoms with Crippen molar-refractivity contribution in [2.45, 2.75) is 25.8 Å². The van der Waals surface area contributed by atoms with E-state index in [1.807, 2.05) is 31.4 Å². The highest BCUT2D eigenvalue weighted by Crippen LogP contribution is 2.17. The summed E-state index contributed by atoms with van der Waals surface area (Å²) in [5.41, 5.74) is 7.60. The number of hydrogen-bond donors (Lipinski definition) is 3. The maximum absolute atomic E-state index is 11.4. The topological polar surface area (TPSA) is 103 Å². The number of halogens is 1. The van der Waals surface area contributed by atoms with Crippen molar-refractivity contribution in [1.82, 2.24) is 25.1 Å². The molecule has 2 aromatic rings. The Labute approximate surface area is 201 Å². The van der Waals surface area contributed by atoms with Gasteiger partial charge >= 0.3 is 0 Å². The third-order valence-corrected chi connectivity index (χ3v) is 5.52. The van der Waals surface area contributed by atoms with Crippen LogP contribution in [0.3, 0.4) is 0 Å². The van der Waals surface area contributed by atoms with E-state index in [-0.39, 0.29) is 35.8 Å². The molecule has 1 aromatic heterocycles. The second-order valence-electron chi connectivity index (χ2n) is 7.84. The number of imidazole rings is 1. The van der Waals surface area contributed by atoms with Crippen LogP contribution in [0, 0.1) is 5.92 Å². The number of guanidine groups is 1. The molecule has 0 radical (unpaired) electrons. The number of rotatable bonds is 8. The molecule has 1 fully saturated rings. The van der Waals surface area contributed by atoms with Crippen LogP contribution in [0.1, 0.15) is 25.1 Å². The number of benzene rings is 1. The van der Waals surface area contributed by atoms with Crippen molar-refractivity contribution in [1.29, 1.82) is 0 Å². The Balaban J connectivity index is 0.00000341. The van der Waals surface area contributed by atoms with Gasteiger partial charge in [0.1, 0.15) is 5.82 Å². The molecule has 0 saturated carbocycles. The molecule has 0 spiro atoms. The molecule has 9 heteroatoms. The maximum atomic E-state index is 11.4. The summed E-state index contributed by atoms with van der Waals surface area (Å²) in [4.78, 5) is 28.1. The number of carbonyl (C=O) groups excluding carboxylic acids is 1. The lowest BCUT2D eigenvalue weighted by molar-refractivity contribution is -0.123. The molecule has 1 amide bonds. The summed E-state index contributed by atoms with van der Waals surface area (Å²) in [6, 6.07) is 10.2. The second-order valence-corrected chi connectivity index (χ2v) is 7.84. The molecule has 2 heterocycles. The van der Waals surface area contributed by atoms with Crippen LogP contribution in [0.4, 0.5) is 0 Å². The number of hydrogen-bond acceptors (Lipinski definition) is 4. The molecule has 8 nitrogen and oxygen atoms in total. The molecule has 170 valence electrons. The average molecular weight is 539 g/mol. The van der Waals surface area contributed by atoms with E-state index in [1.54, 1.807) is 7.05 Å². The van der Waals surface area contributed by atoms with Crippen molar-refractivity contribution in [2.24, 2.45) is 16.6 Å². The number of H-pyrrole nitrogens is 1. The largest absolute Gasteiger partial charge is 0.369 e. The minimum atomic E-state index is -0.173. The van der Waals surface area contributed by atoms with Crippen LogP contribution in [0.15, 0.2) is 41.5 Å². The van der Waals surface area contributed by atoms with Gasteiger partial charge in [-0.2, -0.15) is 0 Å². The van der Waals surface area contributed by atoms with E-state index in [1.165, 1.54) is 0 Å². The Morgan fingerprint density at radius 3 is 2.87 bits per heavy atom. The SMILES string of the molecule is CN=C(NCCCN1CCCC(C(N)=O)C1)N(C)Cc1ncc(-c2ccccc2)[nH]1.I. The molecule has 1 aliphatic rings. The van der Waals surface area contributed by atoms with Crippen molar-refractivity contribution in [3.8, 4) is 11.3 Å². The molecule has 1 unspecified atom stereocenters. The van der Waals surface area contributed by atoms with Crippen molar-refractivity contribution in [2.75, 3.05) is 40.3 Å². The third kappa shape index (κ3) is 7.49. The van der Waals surface area contributed by atoms with E-state index >= 15 is 0 Å². The van der Waals surface area contributed by atoms with Gasteiger partial charge in [0.2, 0.25) is 5.91 Å². The van der Waals surface area contributed by atoms with Crippen LogP contribution >= 0.6 is 24.0 Å². The quantitative estimate of drug-likeness (QED) is 0.207. The summed E-state index contributed by atoms with van der Waals surface area (Å²) in [6.07, 6.45) is 4.81. The lowest BCUT2D eigenvalue weighted by atomic mass is 9.97. The number of nitrogens with zero attached hydrogens (tertiary/aromatic N) is 4. The Bertz CT molecular complexity index is 839. The number of carbonyl (C=O) groups is 1. The van der Waals surface area contributed by atoms with E-state index < -0.39 is 0 Å². The van der Waals surface area contributed by atoms with Crippen molar-refractivity contribution in [3.05, 3.63) is 42.4 Å². The molecule has 1 aliphatic heterocycles. The number of likely N-dealkylation sites (tertiary alicyclic amines) is 1. The third-order valence-electron chi connectivity index (χ3n) is 5.52. The molecule has 1 saturated heterocycles. The van der Waals surface area contributed by atoms with Gasteiger partial charge in [-0.05, 0) is 37.9 Å². The molecule has 31 heavy (non-hydrogen) atoms. The number of aromatic nitrogens is 2. The number of piperidine rings is 1. The molecule has 0 bridgehead atoms. The lowest BCUT2D eigenvalue weighted by Gasteiger charge is -2.31. The van der Waals surface area contributed by atoms with Crippen LogP contribution < -0.4 is 11.1 Å². The van der Waals surface area contributed by atoms with Crippen LogP contribution in [0.2, 0.25) is 0 Å². The zero-order valence-electron chi connectivity index (χ0n) is 18.4. The van der Waals surface area contributed by atoms with E-state index in [2.05, 4.69) is 42.2 Å². The Kier molecular flexibility index (Phi) is 10.3. The molecule has 4 N–H and O–H groups in total. The number of aromatic amines is 1. The predicted octanol–water partition coefficient (Wildman–Crippen LogP) is 2.29. The zero-order chi connectivity index (χ0) is 21.3. The van der Waals surface area contributed by atoms with Gasteiger partial charge in [-0.1, -0.05) is 30.3 Å². The minimum Gasteiger partial charge on any atom is -0.369 e. The molecular formula is C22H34IN7O. The highest BCUT2D eigenvalue weighted by Gasteiger charge is 2.23. The number of nitrogens with one attached hydrogen (secondary N) is 2. The highest BCUT2D eigenvalue weighted by molar-refractivity contribution is 14.0. The van der Waals surface area contributed by atoms with Crippen molar-refractivity contribution in [3.63, 3.8) is 0 Å². The Hall–Kier alpha value is -2.14.